The van der Waals surface area contributed by atoms with Gasteiger partial charge in [0.25, 0.3) is 0 Å². The Labute approximate surface area is 246 Å². The summed E-state index contributed by atoms with van der Waals surface area (Å²) in [5.41, 5.74) is 5.02. The predicted molar refractivity (Wildman–Crippen MR) is 153 cm³/mol. The van der Waals surface area contributed by atoms with Crippen LogP contribution in [0.3, 0.4) is 0 Å². The Morgan fingerprint density at radius 3 is 1.81 bits per heavy atom. The summed E-state index contributed by atoms with van der Waals surface area (Å²) >= 11 is 0. The molecule has 0 aliphatic carbocycles. The quantitative estimate of drug-likeness (QED) is 0.202. The predicted octanol–water partition coefficient (Wildman–Crippen LogP) is 5.47. The molecular formula is C31H41NO10. The monoisotopic (exact) mass is 587 g/mol. The van der Waals surface area contributed by atoms with Gasteiger partial charge in [0, 0.05) is 12.8 Å². The number of carbonyl (C=O) groups is 4. The van der Waals surface area contributed by atoms with Crippen LogP contribution < -0.4 is 15.2 Å². The van der Waals surface area contributed by atoms with Crippen LogP contribution >= 0.6 is 0 Å². The van der Waals surface area contributed by atoms with Crippen LogP contribution in [0.5, 0.6) is 11.5 Å². The molecule has 1 atom stereocenters. The number of ether oxygens (including phenoxy) is 6. The Morgan fingerprint density at radius 2 is 1.29 bits per heavy atom. The number of hydrogen-bond donors (Lipinski definition) is 1. The first-order valence-corrected chi connectivity index (χ1v) is 13.4. The van der Waals surface area contributed by atoms with Gasteiger partial charge in [-0.2, -0.15) is 0 Å². The first kappa shape index (κ1) is 34.1. The molecule has 2 aromatic carbocycles. The summed E-state index contributed by atoms with van der Waals surface area (Å²) in [4.78, 5) is 49.8. The number of rotatable bonds is 11. The van der Waals surface area contributed by atoms with Crippen molar-refractivity contribution in [3.63, 3.8) is 0 Å². The van der Waals surface area contributed by atoms with Gasteiger partial charge in [0.1, 0.15) is 5.54 Å². The summed E-state index contributed by atoms with van der Waals surface area (Å²) in [6, 6.07) is 12.7. The van der Waals surface area contributed by atoms with E-state index in [1.807, 2.05) is 41.5 Å². The molecule has 0 bridgehead atoms. The van der Waals surface area contributed by atoms with Gasteiger partial charge < -0.3 is 34.2 Å². The van der Waals surface area contributed by atoms with Crippen molar-refractivity contribution in [2.75, 3.05) is 26.9 Å². The van der Waals surface area contributed by atoms with Gasteiger partial charge in [-0.1, -0.05) is 65.8 Å². The van der Waals surface area contributed by atoms with Crippen molar-refractivity contribution in [2.45, 2.75) is 59.9 Å². The molecule has 0 fully saturated rings. The zero-order valence-corrected chi connectivity index (χ0v) is 25.3. The normalized spacial score (nSPS) is 12.9. The Kier molecular flexibility index (Phi) is 11.9. The molecule has 0 spiro atoms. The minimum Gasteiger partial charge on any atom is -0.468 e. The van der Waals surface area contributed by atoms with E-state index in [1.165, 1.54) is 19.2 Å². The highest BCUT2D eigenvalue weighted by Gasteiger charge is 2.36. The van der Waals surface area contributed by atoms with E-state index < -0.39 is 29.8 Å². The molecule has 2 rings (SSSR count). The maximum Gasteiger partial charge on any atom is 0.513 e. The van der Waals surface area contributed by atoms with E-state index in [0.717, 1.165) is 0 Å². The highest BCUT2D eigenvalue weighted by Crippen LogP contribution is 2.32. The van der Waals surface area contributed by atoms with Gasteiger partial charge in [-0.15, -0.1) is 0 Å². The third kappa shape index (κ3) is 11.8. The zero-order valence-electron chi connectivity index (χ0n) is 25.3. The van der Waals surface area contributed by atoms with Gasteiger partial charge >= 0.3 is 24.2 Å². The molecular weight excluding hydrogens is 546 g/mol. The molecule has 0 saturated carbocycles. The Balaban J connectivity index is 2.25. The lowest BCUT2D eigenvalue weighted by Crippen LogP contribution is -2.51. The van der Waals surface area contributed by atoms with Gasteiger partial charge in [-0.25, -0.2) is 14.4 Å². The van der Waals surface area contributed by atoms with Gasteiger partial charge in [-0.05, 0) is 40.7 Å². The van der Waals surface area contributed by atoms with Gasteiger partial charge in [-0.3, -0.25) is 4.79 Å². The van der Waals surface area contributed by atoms with Crippen LogP contribution in [0.25, 0.3) is 0 Å². The van der Waals surface area contributed by atoms with Crippen molar-refractivity contribution in [3.05, 3.63) is 59.7 Å². The average Bonchev–Trinajstić information content (AvgIpc) is 2.91. The molecule has 2 aromatic rings. The van der Waals surface area contributed by atoms with Crippen LogP contribution in [0.1, 0.15) is 63.9 Å². The number of hydrogen-bond acceptors (Lipinski definition) is 11. The van der Waals surface area contributed by atoms with E-state index in [-0.39, 0.29) is 55.0 Å². The van der Waals surface area contributed by atoms with Crippen molar-refractivity contribution in [2.24, 2.45) is 16.6 Å². The molecule has 230 valence electrons. The average molecular weight is 588 g/mol. The Morgan fingerprint density at radius 1 is 0.738 bits per heavy atom. The first-order chi connectivity index (χ1) is 19.5. The maximum atomic E-state index is 12.7. The fourth-order valence-corrected chi connectivity index (χ4v) is 3.43. The maximum absolute atomic E-state index is 12.7. The largest absolute Gasteiger partial charge is 0.513 e. The van der Waals surface area contributed by atoms with Crippen molar-refractivity contribution in [1.82, 2.24) is 0 Å². The summed E-state index contributed by atoms with van der Waals surface area (Å²) < 4.78 is 31.3. The smallest absolute Gasteiger partial charge is 0.468 e. The van der Waals surface area contributed by atoms with Crippen LogP contribution in [0.15, 0.2) is 48.5 Å². The van der Waals surface area contributed by atoms with Crippen LogP contribution in [0.4, 0.5) is 9.59 Å². The van der Waals surface area contributed by atoms with Crippen molar-refractivity contribution in [3.8, 4) is 11.5 Å². The standard InChI is InChI=1S/C31H41NO10/c1-29(2,3)19-39-27(35)41-23-14-13-21(17-24(23)42-28(36)40-20-30(4,5)6)18-31(32,26(34)37-7)15-16-38-25(33)22-11-9-8-10-12-22/h8-14,17H,15-16,18-20,32H2,1-7H3/t31-/m1/s1. The topological polar surface area (TPSA) is 150 Å². The van der Waals surface area contributed by atoms with Gasteiger partial charge in [0.15, 0.2) is 11.5 Å². The fraction of sp³-hybridized carbons (Fsp3) is 0.484. The van der Waals surface area contributed by atoms with Crippen LogP contribution in [-0.4, -0.2) is 56.7 Å². The van der Waals surface area contributed by atoms with Crippen molar-refractivity contribution >= 4 is 24.2 Å². The number of benzene rings is 2. The Hall–Kier alpha value is -4.12. The molecule has 0 radical (unpaired) electrons. The fourth-order valence-electron chi connectivity index (χ4n) is 3.43. The second kappa shape index (κ2) is 14.7. The van der Waals surface area contributed by atoms with E-state index in [4.69, 9.17) is 34.2 Å². The molecule has 0 aliphatic rings. The molecule has 11 nitrogen and oxygen atoms in total. The minimum absolute atomic E-state index is 0.0700. The van der Waals surface area contributed by atoms with Crippen molar-refractivity contribution in [1.29, 1.82) is 0 Å². The van der Waals surface area contributed by atoms with Crippen molar-refractivity contribution < 1.29 is 47.6 Å². The van der Waals surface area contributed by atoms with E-state index in [9.17, 15) is 19.2 Å². The first-order valence-electron chi connectivity index (χ1n) is 13.4. The number of esters is 2. The van der Waals surface area contributed by atoms with E-state index in [1.54, 1.807) is 36.4 Å². The molecule has 0 amide bonds. The third-order valence-electron chi connectivity index (χ3n) is 5.54. The number of nitrogens with two attached hydrogens (primary N) is 1. The third-order valence-corrected chi connectivity index (χ3v) is 5.54. The summed E-state index contributed by atoms with van der Waals surface area (Å²) in [7, 11) is 1.19. The zero-order chi connectivity index (χ0) is 31.6. The van der Waals surface area contributed by atoms with E-state index >= 15 is 0 Å². The number of carbonyl (C=O) groups excluding carboxylic acids is 4. The highest BCUT2D eigenvalue weighted by atomic mass is 16.7. The lowest BCUT2D eigenvalue weighted by molar-refractivity contribution is -0.147. The van der Waals surface area contributed by atoms with Crippen LogP contribution in [0, 0.1) is 10.8 Å². The molecule has 0 aromatic heterocycles. The molecule has 11 heteroatoms. The SMILES string of the molecule is COC(=O)[C@@](N)(CCOC(=O)c1ccccc1)Cc1ccc(OC(=O)OCC(C)(C)C)c(OC(=O)OCC(C)(C)C)c1. The minimum atomic E-state index is -1.61. The lowest BCUT2D eigenvalue weighted by Gasteiger charge is -2.27. The molecule has 0 unspecified atom stereocenters. The summed E-state index contributed by atoms with van der Waals surface area (Å²) in [6.45, 7) is 11.3. The second-order valence-electron chi connectivity index (χ2n) is 12.3. The van der Waals surface area contributed by atoms with E-state index in [0.29, 0.717) is 11.1 Å². The summed E-state index contributed by atoms with van der Waals surface area (Å²) in [5.74, 6) is -1.56. The van der Waals surface area contributed by atoms with Gasteiger partial charge in [0.05, 0.1) is 32.5 Å². The summed E-state index contributed by atoms with van der Waals surface area (Å²) in [5, 5.41) is 0. The van der Waals surface area contributed by atoms with Crippen LogP contribution in [-0.2, 0) is 30.2 Å². The molecule has 42 heavy (non-hydrogen) atoms. The molecule has 2 N–H and O–H groups in total. The lowest BCUT2D eigenvalue weighted by atomic mass is 9.88. The molecule has 0 aliphatic heterocycles. The van der Waals surface area contributed by atoms with Crippen LogP contribution in [0.2, 0.25) is 0 Å². The van der Waals surface area contributed by atoms with Gasteiger partial charge in [0.2, 0.25) is 0 Å². The highest BCUT2D eigenvalue weighted by molar-refractivity contribution is 5.89. The summed E-state index contributed by atoms with van der Waals surface area (Å²) in [6.07, 6.45) is -2.17. The molecule has 0 saturated heterocycles. The number of methoxy groups -OCH3 is 1. The second-order valence-corrected chi connectivity index (χ2v) is 12.3. The molecule has 0 heterocycles. The van der Waals surface area contributed by atoms with E-state index in [2.05, 4.69) is 0 Å². The Bertz CT molecular complexity index is 1230.